The first-order valence-electron chi connectivity index (χ1n) is 13.8. The van der Waals surface area contributed by atoms with Crippen molar-refractivity contribution < 1.29 is 19.7 Å². The summed E-state index contributed by atoms with van der Waals surface area (Å²) < 4.78 is 13.2. The molecule has 0 spiro atoms. The largest absolute Gasteiger partial charge is 0.508 e. The van der Waals surface area contributed by atoms with Crippen molar-refractivity contribution in [2.45, 2.75) is 25.6 Å². The van der Waals surface area contributed by atoms with Gasteiger partial charge in [0, 0.05) is 21.7 Å². The van der Waals surface area contributed by atoms with Gasteiger partial charge in [-0.1, -0.05) is 42.5 Å². The Kier molecular flexibility index (Phi) is 8.00. The number of aromatic hydroxyl groups is 1. The molecule has 0 bridgehead atoms. The number of hydrogen-bond donors (Lipinski definition) is 2. The Balaban J connectivity index is 1.29. The smallest absolute Gasteiger partial charge is 0.121 e. The van der Waals surface area contributed by atoms with E-state index in [9.17, 15) is 10.2 Å². The van der Waals surface area contributed by atoms with Crippen molar-refractivity contribution in [2.75, 3.05) is 26.2 Å². The average molecular weight is 552 g/mol. The second kappa shape index (κ2) is 12.1. The minimum Gasteiger partial charge on any atom is -0.508 e. The predicted molar refractivity (Wildman–Crippen MR) is 161 cm³/mol. The van der Waals surface area contributed by atoms with Crippen molar-refractivity contribution in [1.82, 2.24) is 4.90 Å². The van der Waals surface area contributed by atoms with Crippen LogP contribution in [0, 0.1) is 0 Å². The fraction of sp³-hybridized carbons (Fsp3) is 0.235. The number of ether oxygens (including phenoxy) is 2. The fourth-order valence-electron chi connectivity index (χ4n) is 5.24. The number of benzene rings is 4. The van der Waals surface area contributed by atoms with E-state index in [0.29, 0.717) is 13.2 Å². The predicted octanol–water partition coefficient (Wildman–Crippen LogP) is 7.41. The topological polar surface area (TPSA) is 62.2 Å². The molecule has 204 valence electrons. The zero-order valence-corrected chi connectivity index (χ0v) is 23.1. The molecule has 1 saturated heterocycles. The fourth-order valence-corrected chi connectivity index (χ4v) is 6.51. The molecule has 0 saturated carbocycles. The zero-order chi connectivity index (χ0) is 27.3. The van der Waals surface area contributed by atoms with Crippen LogP contribution in [-0.2, 0) is 6.61 Å². The van der Waals surface area contributed by atoms with E-state index in [1.165, 1.54) is 25.9 Å². The summed E-state index contributed by atoms with van der Waals surface area (Å²) in [6.07, 6.45) is 1.71. The first kappa shape index (κ1) is 26.4. The molecule has 1 fully saturated rings. The van der Waals surface area contributed by atoms with E-state index in [4.69, 9.17) is 9.47 Å². The third-order valence-electron chi connectivity index (χ3n) is 7.42. The van der Waals surface area contributed by atoms with Gasteiger partial charge in [0.2, 0.25) is 0 Å². The summed E-state index contributed by atoms with van der Waals surface area (Å²) >= 11 is 1.64. The Morgan fingerprint density at radius 2 is 1.52 bits per heavy atom. The Bertz CT molecular complexity index is 1540. The number of rotatable bonds is 10. The van der Waals surface area contributed by atoms with Gasteiger partial charge in [-0.15, -0.1) is 11.3 Å². The number of hydrogen-bond acceptors (Lipinski definition) is 6. The summed E-state index contributed by atoms with van der Waals surface area (Å²) in [7, 11) is 0. The first-order valence-corrected chi connectivity index (χ1v) is 14.6. The summed E-state index contributed by atoms with van der Waals surface area (Å²) in [6.45, 7) is 4.46. The quantitative estimate of drug-likeness (QED) is 0.189. The number of fused-ring (bicyclic) bond motifs is 1. The van der Waals surface area contributed by atoms with E-state index in [1.807, 2.05) is 54.6 Å². The minimum atomic E-state index is -0.850. The number of thiophene rings is 1. The van der Waals surface area contributed by atoms with E-state index < -0.39 is 6.10 Å². The molecule has 0 amide bonds. The van der Waals surface area contributed by atoms with Gasteiger partial charge in [0.05, 0.1) is 0 Å². The maximum Gasteiger partial charge on any atom is 0.121 e. The molecule has 6 rings (SSSR count). The first-order chi connectivity index (χ1) is 19.6. The molecular formula is C34H33NO4S. The van der Waals surface area contributed by atoms with Crippen molar-refractivity contribution in [1.29, 1.82) is 0 Å². The monoisotopic (exact) mass is 551 g/mol. The summed E-state index contributed by atoms with van der Waals surface area (Å²) in [6, 6.07) is 31.1. The van der Waals surface area contributed by atoms with Gasteiger partial charge >= 0.3 is 0 Å². The molecule has 1 aromatic heterocycles. The summed E-state index contributed by atoms with van der Waals surface area (Å²) in [5.41, 5.74) is 3.71. The Morgan fingerprint density at radius 1 is 0.800 bits per heavy atom. The van der Waals surface area contributed by atoms with E-state index >= 15 is 0 Å². The second-order valence-corrected chi connectivity index (χ2v) is 11.2. The van der Waals surface area contributed by atoms with Crippen molar-refractivity contribution >= 4 is 21.4 Å². The molecule has 1 atom stereocenters. The Hall–Kier alpha value is -3.84. The highest BCUT2D eigenvalue weighted by molar-refractivity contribution is 7.22. The lowest BCUT2D eigenvalue weighted by Gasteiger charge is -2.16. The van der Waals surface area contributed by atoms with Crippen LogP contribution in [0.4, 0.5) is 0 Å². The van der Waals surface area contributed by atoms with E-state index in [1.54, 1.807) is 35.6 Å². The van der Waals surface area contributed by atoms with E-state index in [-0.39, 0.29) is 5.75 Å². The van der Waals surface area contributed by atoms with Gasteiger partial charge in [-0.05, 0) is 103 Å². The van der Waals surface area contributed by atoms with Gasteiger partial charge < -0.3 is 19.7 Å². The lowest BCUT2D eigenvalue weighted by Crippen LogP contribution is -2.25. The van der Waals surface area contributed by atoms with E-state index in [0.717, 1.165) is 55.3 Å². The molecule has 2 N–H and O–H groups in total. The molecule has 0 radical (unpaired) electrons. The van der Waals surface area contributed by atoms with Crippen LogP contribution in [-0.4, -0.2) is 41.4 Å². The van der Waals surface area contributed by atoms with Gasteiger partial charge in [-0.2, -0.15) is 0 Å². The molecule has 1 aliphatic heterocycles. The van der Waals surface area contributed by atoms with Gasteiger partial charge in [0.25, 0.3) is 0 Å². The van der Waals surface area contributed by atoms with Crippen LogP contribution in [0.5, 0.6) is 17.2 Å². The van der Waals surface area contributed by atoms with Gasteiger partial charge in [0.15, 0.2) is 0 Å². The number of phenolic OH excluding ortho intramolecular Hbond substituents is 1. The van der Waals surface area contributed by atoms with Crippen LogP contribution >= 0.6 is 11.3 Å². The molecule has 0 aliphatic carbocycles. The number of aliphatic hydroxyl groups is 1. The SMILES string of the molecule is Oc1ccc(C(O)c2c(-c3ccc(OCCN4CCCC4)cc3)sc3cc(OCc4ccccc4)ccc23)cc1. The average Bonchev–Trinajstić information content (AvgIpc) is 3.65. The van der Waals surface area contributed by atoms with Crippen LogP contribution in [0.1, 0.15) is 35.6 Å². The summed E-state index contributed by atoms with van der Waals surface area (Å²) in [5, 5.41) is 22.3. The number of aliphatic hydroxyl groups excluding tert-OH is 1. The number of nitrogens with zero attached hydrogens (tertiary/aromatic N) is 1. The second-order valence-electron chi connectivity index (χ2n) is 10.2. The van der Waals surface area contributed by atoms with Crippen LogP contribution < -0.4 is 9.47 Å². The third kappa shape index (κ3) is 5.99. The Morgan fingerprint density at radius 3 is 2.27 bits per heavy atom. The molecule has 40 heavy (non-hydrogen) atoms. The number of phenols is 1. The van der Waals surface area contributed by atoms with Crippen LogP contribution in [0.2, 0.25) is 0 Å². The lowest BCUT2D eigenvalue weighted by atomic mass is 9.96. The van der Waals surface area contributed by atoms with Gasteiger partial charge in [-0.25, -0.2) is 0 Å². The Labute approximate surface area is 238 Å². The van der Waals surface area contributed by atoms with Crippen molar-refractivity contribution in [3.63, 3.8) is 0 Å². The maximum absolute atomic E-state index is 11.6. The third-order valence-corrected chi connectivity index (χ3v) is 8.64. The molecule has 1 unspecified atom stereocenters. The summed E-state index contributed by atoms with van der Waals surface area (Å²) in [5.74, 6) is 1.81. The highest BCUT2D eigenvalue weighted by atomic mass is 32.1. The van der Waals surface area contributed by atoms with E-state index in [2.05, 4.69) is 23.1 Å². The highest BCUT2D eigenvalue weighted by Gasteiger charge is 2.23. The van der Waals surface area contributed by atoms with Crippen LogP contribution in [0.15, 0.2) is 97.1 Å². The number of likely N-dealkylation sites (tertiary alicyclic amines) is 1. The molecule has 5 aromatic rings. The van der Waals surface area contributed by atoms with Crippen molar-refractivity contribution in [2.24, 2.45) is 0 Å². The highest BCUT2D eigenvalue weighted by Crippen LogP contribution is 2.45. The molecule has 4 aromatic carbocycles. The zero-order valence-electron chi connectivity index (χ0n) is 22.3. The normalized spacial score (nSPS) is 14.4. The van der Waals surface area contributed by atoms with Gasteiger partial charge in [-0.3, -0.25) is 4.90 Å². The molecular weight excluding hydrogens is 518 g/mol. The molecule has 2 heterocycles. The minimum absolute atomic E-state index is 0.173. The van der Waals surface area contributed by atoms with Crippen LogP contribution in [0.25, 0.3) is 20.5 Å². The van der Waals surface area contributed by atoms with Crippen LogP contribution in [0.3, 0.4) is 0 Å². The lowest BCUT2D eigenvalue weighted by molar-refractivity contribution is 0.222. The molecule has 1 aliphatic rings. The van der Waals surface area contributed by atoms with Gasteiger partial charge in [0.1, 0.15) is 36.6 Å². The van der Waals surface area contributed by atoms with Crippen molar-refractivity contribution in [3.8, 4) is 27.7 Å². The molecule has 6 heteroatoms. The summed E-state index contributed by atoms with van der Waals surface area (Å²) in [4.78, 5) is 3.44. The standard InChI is InChI=1S/C34H33NO4S/c36-27-12-8-25(9-13-27)33(37)32-30-17-16-29(39-23-24-6-2-1-3-7-24)22-31(30)40-34(32)26-10-14-28(15-11-26)38-21-20-35-18-4-5-19-35/h1-3,6-17,22,33,36-37H,4-5,18-21,23H2. The van der Waals surface area contributed by atoms with Crippen molar-refractivity contribution in [3.05, 3.63) is 114 Å². The molecule has 5 nitrogen and oxygen atoms in total. The maximum atomic E-state index is 11.6.